The van der Waals surface area contributed by atoms with E-state index in [4.69, 9.17) is 0 Å². The van der Waals surface area contributed by atoms with Crippen molar-refractivity contribution in [1.82, 2.24) is 0 Å². The highest BCUT2D eigenvalue weighted by Gasteiger charge is 2.38. The summed E-state index contributed by atoms with van der Waals surface area (Å²) in [6.45, 7) is 8.16. The van der Waals surface area contributed by atoms with Gasteiger partial charge in [-0.05, 0) is 70.1 Å². The van der Waals surface area contributed by atoms with E-state index in [2.05, 4.69) is 6.58 Å². The van der Waals surface area contributed by atoms with E-state index >= 15 is 0 Å². The molecule has 0 amide bonds. The van der Waals surface area contributed by atoms with Gasteiger partial charge >= 0.3 is 0 Å². The lowest BCUT2D eigenvalue weighted by atomic mass is 9.63. The van der Waals surface area contributed by atoms with Crippen molar-refractivity contribution in [2.24, 2.45) is 17.8 Å². The first kappa shape index (κ1) is 11.2. The molecule has 2 unspecified atom stereocenters. The second-order valence-corrected chi connectivity index (χ2v) is 6.08. The average molecular weight is 208 g/mol. The van der Waals surface area contributed by atoms with Gasteiger partial charge in [-0.25, -0.2) is 0 Å². The number of allylic oxidation sites excluding steroid dienone is 1. The van der Waals surface area contributed by atoms with Crippen LogP contribution in [0, 0.1) is 17.8 Å². The molecule has 0 aromatic heterocycles. The Balaban J connectivity index is 2.05. The van der Waals surface area contributed by atoms with E-state index in [0.717, 1.165) is 5.92 Å². The molecule has 2 rings (SSSR count). The van der Waals surface area contributed by atoms with E-state index in [1.54, 1.807) is 0 Å². The summed E-state index contributed by atoms with van der Waals surface area (Å²) in [6, 6.07) is 0. The van der Waals surface area contributed by atoms with Gasteiger partial charge in [-0.2, -0.15) is 0 Å². The summed E-state index contributed by atoms with van der Waals surface area (Å²) in [5, 5.41) is 10.1. The minimum Gasteiger partial charge on any atom is -0.390 e. The van der Waals surface area contributed by atoms with Crippen molar-refractivity contribution in [3.63, 3.8) is 0 Å². The lowest BCUT2D eigenvalue weighted by Gasteiger charge is -2.44. The Morgan fingerprint density at radius 3 is 2.67 bits per heavy atom. The van der Waals surface area contributed by atoms with E-state index in [9.17, 15) is 5.11 Å². The highest BCUT2D eigenvalue weighted by Crippen LogP contribution is 2.47. The molecule has 2 aliphatic rings. The quantitative estimate of drug-likeness (QED) is 0.654. The van der Waals surface area contributed by atoms with Gasteiger partial charge in [0.1, 0.15) is 0 Å². The number of hydrogen-bond acceptors (Lipinski definition) is 1. The van der Waals surface area contributed by atoms with Gasteiger partial charge in [-0.3, -0.25) is 0 Å². The summed E-state index contributed by atoms with van der Waals surface area (Å²) in [6.07, 6.45) is 7.64. The molecule has 0 bridgehead atoms. The van der Waals surface area contributed by atoms with Crippen LogP contribution in [-0.2, 0) is 0 Å². The lowest BCUT2D eigenvalue weighted by molar-refractivity contribution is -0.0195. The zero-order valence-electron chi connectivity index (χ0n) is 10.1. The van der Waals surface area contributed by atoms with Gasteiger partial charge in [0.2, 0.25) is 0 Å². The zero-order chi connectivity index (χ0) is 11.1. The molecule has 2 saturated carbocycles. The maximum absolute atomic E-state index is 10.1. The lowest BCUT2D eigenvalue weighted by Crippen LogP contribution is -2.39. The van der Waals surface area contributed by atoms with Crippen molar-refractivity contribution >= 4 is 0 Å². The van der Waals surface area contributed by atoms with Gasteiger partial charge in [-0.1, -0.05) is 12.2 Å². The van der Waals surface area contributed by atoms with Crippen LogP contribution >= 0.6 is 0 Å². The van der Waals surface area contributed by atoms with Gasteiger partial charge in [0.25, 0.3) is 0 Å². The van der Waals surface area contributed by atoms with Crippen molar-refractivity contribution in [2.75, 3.05) is 0 Å². The molecule has 15 heavy (non-hydrogen) atoms. The normalized spacial score (nSPS) is 37.5. The van der Waals surface area contributed by atoms with Gasteiger partial charge in [0, 0.05) is 0 Å². The third kappa shape index (κ3) is 2.28. The maximum Gasteiger partial charge on any atom is 0.0620 e. The number of rotatable bonds is 1. The fraction of sp³-hybridized carbons (Fsp3) is 0.857. The molecule has 0 aromatic carbocycles. The Morgan fingerprint density at radius 1 is 1.27 bits per heavy atom. The fourth-order valence-electron chi connectivity index (χ4n) is 3.50. The van der Waals surface area contributed by atoms with E-state index in [0.29, 0.717) is 11.8 Å². The standard InChI is InChI=1S/C14H24O/c1-10-5-4-6-11-7-8-12(9-13(10)11)14(2,3)15/h11-13,15H,1,4-9H2,2-3H3/t11?,12-,13?/m0/s1. The topological polar surface area (TPSA) is 20.2 Å². The van der Waals surface area contributed by atoms with E-state index in [-0.39, 0.29) is 0 Å². The maximum atomic E-state index is 10.1. The van der Waals surface area contributed by atoms with Gasteiger partial charge < -0.3 is 5.11 Å². The molecule has 3 atom stereocenters. The van der Waals surface area contributed by atoms with Crippen LogP contribution in [0.15, 0.2) is 12.2 Å². The van der Waals surface area contributed by atoms with Crippen LogP contribution in [0.5, 0.6) is 0 Å². The van der Waals surface area contributed by atoms with Crippen LogP contribution in [0.1, 0.15) is 52.4 Å². The van der Waals surface area contributed by atoms with Crippen molar-refractivity contribution in [3.8, 4) is 0 Å². The summed E-state index contributed by atoms with van der Waals surface area (Å²) < 4.78 is 0. The number of hydrogen-bond donors (Lipinski definition) is 1. The molecule has 86 valence electrons. The van der Waals surface area contributed by atoms with Crippen LogP contribution in [-0.4, -0.2) is 10.7 Å². The van der Waals surface area contributed by atoms with Crippen LogP contribution < -0.4 is 0 Å². The molecule has 0 saturated heterocycles. The van der Waals surface area contributed by atoms with E-state index in [1.165, 1.54) is 44.1 Å². The smallest absolute Gasteiger partial charge is 0.0620 e. The van der Waals surface area contributed by atoms with Crippen LogP contribution in [0.2, 0.25) is 0 Å². The third-order valence-electron chi connectivity index (χ3n) is 4.59. The molecular weight excluding hydrogens is 184 g/mol. The first-order valence-electron chi connectivity index (χ1n) is 6.38. The largest absolute Gasteiger partial charge is 0.390 e. The SMILES string of the molecule is C=C1CCCC2CC[C@H](C(C)(C)O)CC12. The van der Waals surface area contributed by atoms with Crippen LogP contribution in [0.25, 0.3) is 0 Å². The average Bonchev–Trinajstić information content (AvgIpc) is 2.16. The molecule has 0 radical (unpaired) electrons. The minimum atomic E-state index is -0.497. The van der Waals surface area contributed by atoms with Gasteiger partial charge in [0.05, 0.1) is 5.60 Å². The van der Waals surface area contributed by atoms with Gasteiger partial charge in [0.15, 0.2) is 0 Å². The molecule has 2 fully saturated rings. The highest BCUT2D eigenvalue weighted by atomic mass is 16.3. The molecule has 1 nitrogen and oxygen atoms in total. The van der Waals surface area contributed by atoms with Crippen molar-refractivity contribution < 1.29 is 5.11 Å². The fourth-order valence-corrected chi connectivity index (χ4v) is 3.50. The molecule has 2 aliphatic carbocycles. The molecule has 1 heteroatoms. The van der Waals surface area contributed by atoms with E-state index < -0.39 is 5.60 Å². The monoisotopic (exact) mass is 208 g/mol. The van der Waals surface area contributed by atoms with Crippen molar-refractivity contribution in [2.45, 2.75) is 58.0 Å². The molecule has 0 aliphatic heterocycles. The molecule has 0 heterocycles. The van der Waals surface area contributed by atoms with Crippen molar-refractivity contribution in [3.05, 3.63) is 12.2 Å². The minimum absolute atomic E-state index is 0.480. The van der Waals surface area contributed by atoms with Crippen molar-refractivity contribution in [1.29, 1.82) is 0 Å². The molecule has 0 aromatic rings. The second-order valence-electron chi connectivity index (χ2n) is 6.08. The molecule has 1 N–H and O–H groups in total. The van der Waals surface area contributed by atoms with Crippen LogP contribution in [0.3, 0.4) is 0 Å². The Kier molecular flexibility index (Phi) is 2.94. The summed E-state index contributed by atoms with van der Waals surface area (Å²) in [4.78, 5) is 0. The first-order valence-corrected chi connectivity index (χ1v) is 6.38. The third-order valence-corrected chi connectivity index (χ3v) is 4.59. The van der Waals surface area contributed by atoms with Crippen LogP contribution in [0.4, 0.5) is 0 Å². The number of fused-ring (bicyclic) bond motifs is 1. The Labute approximate surface area is 93.6 Å². The summed E-state index contributed by atoms with van der Waals surface area (Å²) in [5.74, 6) is 2.07. The second kappa shape index (κ2) is 3.93. The molecular formula is C14H24O. The van der Waals surface area contributed by atoms with E-state index in [1.807, 2.05) is 13.8 Å². The Hall–Kier alpha value is -0.300. The molecule has 0 spiro atoms. The Morgan fingerprint density at radius 2 is 2.00 bits per heavy atom. The summed E-state index contributed by atoms with van der Waals surface area (Å²) >= 11 is 0. The zero-order valence-corrected chi connectivity index (χ0v) is 10.1. The Bertz CT molecular complexity index is 249. The number of aliphatic hydroxyl groups is 1. The predicted molar refractivity (Wildman–Crippen MR) is 63.6 cm³/mol. The first-order chi connectivity index (χ1) is 6.98. The summed E-state index contributed by atoms with van der Waals surface area (Å²) in [5.41, 5.74) is 0.961. The predicted octanol–water partition coefficient (Wildman–Crippen LogP) is 3.53. The highest BCUT2D eigenvalue weighted by molar-refractivity contribution is 5.09. The summed E-state index contributed by atoms with van der Waals surface area (Å²) in [7, 11) is 0. The van der Waals surface area contributed by atoms with Gasteiger partial charge in [-0.15, -0.1) is 0 Å².